The molecule has 7 nitrogen and oxygen atoms in total. The van der Waals surface area contributed by atoms with Crippen LogP contribution in [0.1, 0.15) is 11.1 Å². The number of aromatic amines is 1. The van der Waals surface area contributed by atoms with Gasteiger partial charge in [-0.25, -0.2) is 0 Å². The number of nitro benzene ring substituents is 1. The van der Waals surface area contributed by atoms with Crippen LogP contribution in [0.2, 0.25) is 0 Å². The number of hydrogen-bond donors (Lipinski definition) is 2. The number of fused-ring (bicyclic) bond motifs is 1. The molecule has 0 aliphatic carbocycles. The van der Waals surface area contributed by atoms with Crippen LogP contribution in [0.5, 0.6) is 11.5 Å². The average Bonchev–Trinajstić information content (AvgIpc) is 3.07. The molecule has 0 saturated heterocycles. The monoisotopic (exact) mass is 356 g/mol. The van der Waals surface area contributed by atoms with Gasteiger partial charge in [0.15, 0.2) is 11.5 Å². The lowest BCUT2D eigenvalue weighted by molar-refractivity contribution is -0.670. The molecular weight excluding hydrogens is 334 g/mol. The fraction of sp³-hybridized carbons (Fsp3) is 0.263. The molecule has 0 aliphatic rings. The Kier molecular flexibility index (Phi) is 5.38. The van der Waals surface area contributed by atoms with Crippen LogP contribution in [-0.2, 0) is 13.0 Å². The Labute approximate surface area is 151 Å². The van der Waals surface area contributed by atoms with Crippen molar-refractivity contribution in [2.75, 3.05) is 20.8 Å². The summed E-state index contributed by atoms with van der Waals surface area (Å²) < 4.78 is 10.4. The molecular formula is C19H22N3O4+. The second-order valence-corrected chi connectivity index (χ2v) is 5.98. The van der Waals surface area contributed by atoms with Crippen molar-refractivity contribution in [3.05, 3.63) is 63.8 Å². The first kappa shape index (κ1) is 17.8. The van der Waals surface area contributed by atoms with E-state index in [0.717, 1.165) is 18.5 Å². The summed E-state index contributed by atoms with van der Waals surface area (Å²) >= 11 is 0. The molecule has 0 bridgehead atoms. The van der Waals surface area contributed by atoms with Crippen LogP contribution in [-0.4, -0.2) is 30.7 Å². The highest BCUT2D eigenvalue weighted by Crippen LogP contribution is 2.34. The third-order valence-corrected chi connectivity index (χ3v) is 4.44. The molecule has 0 amide bonds. The quantitative estimate of drug-likeness (QED) is 0.368. The molecule has 0 aliphatic heterocycles. The molecule has 3 N–H and O–H groups in total. The Morgan fingerprint density at radius 1 is 1.12 bits per heavy atom. The number of ether oxygens (including phenoxy) is 2. The van der Waals surface area contributed by atoms with Crippen LogP contribution in [0.3, 0.4) is 0 Å². The maximum absolute atomic E-state index is 11.3. The van der Waals surface area contributed by atoms with E-state index in [1.54, 1.807) is 6.07 Å². The van der Waals surface area contributed by atoms with Gasteiger partial charge in [-0.05, 0) is 17.7 Å². The summed E-state index contributed by atoms with van der Waals surface area (Å²) in [4.78, 5) is 14.2. The lowest BCUT2D eigenvalue weighted by atomic mass is 10.1. The van der Waals surface area contributed by atoms with Crippen LogP contribution < -0.4 is 14.8 Å². The standard InChI is InChI=1S/C19H21N3O4/c1-25-18-9-14(17(22(23)24)10-19(18)26-2)11-20-8-7-13-12-21-16-6-4-3-5-15(13)16/h3-6,9-10,12,20-21H,7-8,11H2,1-2H3/p+1. The van der Waals surface area contributed by atoms with Gasteiger partial charge in [-0.15, -0.1) is 0 Å². The van der Waals surface area contributed by atoms with Crippen LogP contribution in [0, 0.1) is 10.1 Å². The van der Waals surface area contributed by atoms with Crippen molar-refractivity contribution in [1.82, 2.24) is 4.98 Å². The van der Waals surface area contributed by atoms with Crippen molar-refractivity contribution in [2.45, 2.75) is 13.0 Å². The molecule has 26 heavy (non-hydrogen) atoms. The van der Waals surface area contributed by atoms with E-state index in [2.05, 4.69) is 22.4 Å². The summed E-state index contributed by atoms with van der Waals surface area (Å²) in [7, 11) is 2.99. The highest BCUT2D eigenvalue weighted by atomic mass is 16.6. The van der Waals surface area contributed by atoms with Gasteiger partial charge in [0.1, 0.15) is 6.54 Å². The van der Waals surface area contributed by atoms with Crippen molar-refractivity contribution >= 4 is 16.6 Å². The number of rotatable bonds is 8. The summed E-state index contributed by atoms with van der Waals surface area (Å²) in [5, 5.41) is 14.6. The van der Waals surface area contributed by atoms with Gasteiger partial charge in [-0.1, -0.05) is 18.2 Å². The van der Waals surface area contributed by atoms with Crippen molar-refractivity contribution in [3.63, 3.8) is 0 Å². The lowest BCUT2D eigenvalue weighted by Crippen LogP contribution is -2.83. The van der Waals surface area contributed by atoms with Crippen molar-refractivity contribution in [3.8, 4) is 11.5 Å². The molecule has 3 rings (SSSR count). The summed E-state index contributed by atoms with van der Waals surface area (Å²) in [6, 6.07) is 11.3. The van der Waals surface area contributed by atoms with E-state index < -0.39 is 0 Å². The summed E-state index contributed by atoms with van der Waals surface area (Å²) in [5.41, 5.74) is 3.04. The number of methoxy groups -OCH3 is 2. The number of hydrogen-bond acceptors (Lipinski definition) is 4. The molecule has 0 unspecified atom stereocenters. The third-order valence-electron chi connectivity index (χ3n) is 4.44. The first-order chi connectivity index (χ1) is 12.6. The van der Waals surface area contributed by atoms with E-state index in [9.17, 15) is 10.1 Å². The highest BCUT2D eigenvalue weighted by molar-refractivity contribution is 5.83. The number of quaternary nitrogens is 1. The van der Waals surface area contributed by atoms with Gasteiger partial charge in [-0.3, -0.25) is 10.1 Å². The Hall–Kier alpha value is -3.06. The number of nitrogens with two attached hydrogens (primary N) is 1. The van der Waals surface area contributed by atoms with Gasteiger partial charge < -0.3 is 19.8 Å². The van der Waals surface area contributed by atoms with Crippen molar-refractivity contribution in [2.24, 2.45) is 0 Å². The Morgan fingerprint density at radius 3 is 2.58 bits per heavy atom. The van der Waals surface area contributed by atoms with E-state index in [0.29, 0.717) is 23.6 Å². The van der Waals surface area contributed by atoms with Gasteiger partial charge in [-0.2, -0.15) is 0 Å². The largest absolute Gasteiger partial charge is 0.493 e. The number of aromatic nitrogens is 1. The first-order valence-corrected chi connectivity index (χ1v) is 8.40. The van der Waals surface area contributed by atoms with E-state index >= 15 is 0 Å². The minimum Gasteiger partial charge on any atom is -0.493 e. The number of nitrogens with zero attached hydrogens (tertiary/aromatic N) is 1. The number of benzene rings is 2. The fourth-order valence-electron chi connectivity index (χ4n) is 3.10. The summed E-state index contributed by atoms with van der Waals surface area (Å²) in [5.74, 6) is 0.861. The molecule has 0 spiro atoms. The number of nitrogens with one attached hydrogen (secondary N) is 1. The molecule has 0 radical (unpaired) electrons. The molecule has 3 aromatic rings. The second kappa shape index (κ2) is 7.88. The van der Waals surface area contributed by atoms with Gasteiger partial charge in [0, 0.05) is 23.5 Å². The van der Waals surface area contributed by atoms with Crippen molar-refractivity contribution < 1.29 is 19.7 Å². The Morgan fingerprint density at radius 2 is 1.85 bits per heavy atom. The van der Waals surface area contributed by atoms with Crippen LogP contribution in [0.15, 0.2) is 42.6 Å². The van der Waals surface area contributed by atoms with Gasteiger partial charge in [0.2, 0.25) is 0 Å². The molecule has 1 aromatic heterocycles. The number of para-hydroxylation sites is 1. The molecule has 136 valence electrons. The molecule has 1 heterocycles. The molecule has 7 heteroatoms. The summed E-state index contributed by atoms with van der Waals surface area (Å²) in [6.07, 6.45) is 2.91. The lowest BCUT2D eigenvalue weighted by Gasteiger charge is -2.10. The highest BCUT2D eigenvalue weighted by Gasteiger charge is 2.20. The van der Waals surface area contributed by atoms with E-state index in [1.807, 2.05) is 18.3 Å². The van der Waals surface area contributed by atoms with Gasteiger partial charge >= 0.3 is 0 Å². The predicted octanol–water partition coefficient (Wildman–Crippen LogP) is 2.40. The zero-order chi connectivity index (χ0) is 18.5. The first-order valence-electron chi connectivity index (χ1n) is 8.40. The summed E-state index contributed by atoms with van der Waals surface area (Å²) in [6.45, 7) is 1.33. The molecule has 0 saturated carbocycles. The molecule has 2 aromatic carbocycles. The van der Waals surface area contributed by atoms with Crippen LogP contribution >= 0.6 is 0 Å². The zero-order valence-corrected chi connectivity index (χ0v) is 14.8. The fourth-order valence-corrected chi connectivity index (χ4v) is 3.10. The van der Waals surface area contributed by atoms with E-state index in [1.165, 1.54) is 31.2 Å². The normalized spacial score (nSPS) is 10.8. The SMILES string of the molecule is COc1cc(C[NH2+]CCc2c[nH]c3ccccc23)c([N+](=O)[O-])cc1OC. The maximum Gasteiger partial charge on any atom is 0.282 e. The van der Waals surface area contributed by atoms with Crippen LogP contribution in [0.4, 0.5) is 5.69 Å². The second-order valence-electron chi connectivity index (χ2n) is 5.98. The van der Waals surface area contributed by atoms with Crippen LogP contribution in [0.25, 0.3) is 10.9 Å². The van der Waals surface area contributed by atoms with E-state index in [-0.39, 0.29) is 10.6 Å². The predicted molar refractivity (Wildman–Crippen MR) is 98.7 cm³/mol. The average molecular weight is 356 g/mol. The minimum absolute atomic E-state index is 0.0472. The maximum atomic E-state index is 11.3. The minimum atomic E-state index is -0.384. The van der Waals surface area contributed by atoms with Crippen molar-refractivity contribution in [1.29, 1.82) is 0 Å². The zero-order valence-electron chi connectivity index (χ0n) is 14.8. The van der Waals surface area contributed by atoms with E-state index in [4.69, 9.17) is 9.47 Å². The van der Waals surface area contributed by atoms with Gasteiger partial charge in [0.05, 0.1) is 37.3 Å². The number of H-pyrrole nitrogens is 1. The Balaban J connectivity index is 1.68. The topological polar surface area (TPSA) is 94.0 Å². The smallest absolute Gasteiger partial charge is 0.282 e. The number of nitro groups is 1. The Bertz CT molecular complexity index is 920. The van der Waals surface area contributed by atoms with Gasteiger partial charge in [0.25, 0.3) is 5.69 Å². The third kappa shape index (κ3) is 3.62. The molecule has 0 fully saturated rings. The molecule has 0 atom stereocenters.